The van der Waals surface area contributed by atoms with Gasteiger partial charge in [0.1, 0.15) is 0 Å². The van der Waals surface area contributed by atoms with Crippen LogP contribution in [0.2, 0.25) is 0 Å². The zero-order valence-corrected chi connectivity index (χ0v) is 14.9. The first-order valence-corrected chi connectivity index (χ1v) is 7.95. The van der Waals surface area contributed by atoms with Crippen molar-refractivity contribution in [2.45, 2.75) is 32.9 Å². The van der Waals surface area contributed by atoms with Crippen LogP contribution in [0, 0.1) is 0 Å². The van der Waals surface area contributed by atoms with Crippen molar-refractivity contribution >= 4 is 5.69 Å². The van der Waals surface area contributed by atoms with E-state index in [9.17, 15) is 0 Å². The maximum Gasteiger partial charge on any atom is 0.0978 e. The van der Waals surface area contributed by atoms with Gasteiger partial charge >= 0.3 is 0 Å². The quantitative estimate of drug-likeness (QED) is 0.662. The number of nitrogens with zero attached hydrogens (tertiary/aromatic N) is 3. The molecular weight excluding hydrogens is 278 g/mol. The summed E-state index contributed by atoms with van der Waals surface area (Å²) >= 11 is 0. The van der Waals surface area contributed by atoms with Crippen LogP contribution in [0.5, 0.6) is 0 Å². The molecule has 0 aliphatic carbocycles. The molecule has 0 N–H and O–H groups in total. The molecule has 1 aromatic heterocycles. The number of likely N-dealkylation sites (N-methyl/N-ethyl adjacent to an activating group) is 1. The fraction of sp³-hybridized carbons (Fsp3) is 0.706. The molecule has 1 unspecified atom stereocenters. The number of aromatic nitrogens is 1. The van der Waals surface area contributed by atoms with E-state index in [1.165, 1.54) is 5.69 Å². The van der Waals surface area contributed by atoms with Crippen LogP contribution in [-0.4, -0.2) is 64.0 Å². The predicted octanol–water partition coefficient (Wildman–Crippen LogP) is 2.19. The molecule has 0 aliphatic heterocycles. The standard InChI is InChI=1S/C17H31N3O2/c1-7-14-9-10-17(16(18-14)12-19(3)4)20(8-2)11-15(22-6)13-21-5/h9-10,15H,7-8,11-13H2,1-6H3. The highest BCUT2D eigenvalue weighted by Crippen LogP contribution is 2.21. The third-order valence-corrected chi connectivity index (χ3v) is 3.67. The normalized spacial score (nSPS) is 12.7. The first-order valence-electron chi connectivity index (χ1n) is 7.95. The van der Waals surface area contributed by atoms with Crippen LogP contribution in [0.1, 0.15) is 25.2 Å². The minimum Gasteiger partial charge on any atom is -0.382 e. The van der Waals surface area contributed by atoms with E-state index in [0.29, 0.717) is 6.61 Å². The largest absolute Gasteiger partial charge is 0.382 e. The molecule has 0 amide bonds. The van der Waals surface area contributed by atoms with E-state index in [1.807, 2.05) is 0 Å². The third kappa shape index (κ3) is 5.55. The minimum atomic E-state index is 0.0583. The van der Waals surface area contributed by atoms with Crippen LogP contribution in [0.15, 0.2) is 12.1 Å². The Labute approximate surface area is 135 Å². The first kappa shape index (κ1) is 18.9. The van der Waals surface area contributed by atoms with Gasteiger partial charge in [-0.2, -0.15) is 0 Å². The summed E-state index contributed by atoms with van der Waals surface area (Å²) in [6.07, 6.45) is 1.01. The second-order valence-corrected chi connectivity index (χ2v) is 5.71. The molecule has 126 valence electrons. The van der Waals surface area contributed by atoms with E-state index in [1.54, 1.807) is 14.2 Å². The van der Waals surface area contributed by atoms with Gasteiger partial charge in [-0.25, -0.2) is 0 Å². The number of rotatable bonds is 10. The fourth-order valence-electron chi connectivity index (χ4n) is 2.46. The van der Waals surface area contributed by atoms with Crippen molar-refractivity contribution in [1.29, 1.82) is 0 Å². The molecule has 1 atom stereocenters. The van der Waals surface area contributed by atoms with Gasteiger partial charge in [-0.1, -0.05) is 6.92 Å². The van der Waals surface area contributed by atoms with Gasteiger partial charge in [0.25, 0.3) is 0 Å². The van der Waals surface area contributed by atoms with Gasteiger partial charge in [-0.05, 0) is 39.6 Å². The molecule has 0 bridgehead atoms. The number of methoxy groups -OCH3 is 2. The number of hydrogen-bond donors (Lipinski definition) is 0. The van der Waals surface area contributed by atoms with E-state index in [-0.39, 0.29) is 6.10 Å². The lowest BCUT2D eigenvalue weighted by atomic mass is 10.2. The summed E-state index contributed by atoms with van der Waals surface area (Å²) in [6.45, 7) is 7.44. The molecule has 1 rings (SSSR count). The Hall–Kier alpha value is -1.17. The molecule has 0 saturated carbocycles. The number of aryl methyl sites for hydroxylation is 1. The monoisotopic (exact) mass is 309 g/mol. The van der Waals surface area contributed by atoms with Gasteiger partial charge in [-0.3, -0.25) is 4.98 Å². The zero-order chi connectivity index (χ0) is 16.5. The average Bonchev–Trinajstić information content (AvgIpc) is 2.51. The van der Waals surface area contributed by atoms with Gasteiger partial charge in [0.05, 0.1) is 24.1 Å². The van der Waals surface area contributed by atoms with Crippen molar-refractivity contribution in [3.05, 3.63) is 23.5 Å². The van der Waals surface area contributed by atoms with E-state index in [4.69, 9.17) is 14.5 Å². The predicted molar refractivity (Wildman–Crippen MR) is 91.6 cm³/mol. The second-order valence-electron chi connectivity index (χ2n) is 5.71. The van der Waals surface area contributed by atoms with Crippen LogP contribution in [0.25, 0.3) is 0 Å². The molecular formula is C17H31N3O2. The Bertz CT molecular complexity index is 438. The lowest BCUT2D eigenvalue weighted by Gasteiger charge is -2.29. The molecule has 1 aromatic rings. The van der Waals surface area contributed by atoms with Crippen molar-refractivity contribution in [2.24, 2.45) is 0 Å². The lowest BCUT2D eigenvalue weighted by Crippen LogP contribution is -2.37. The van der Waals surface area contributed by atoms with Crippen LogP contribution in [0.4, 0.5) is 5.69 Å². The lowest BCUT2D eigenvalue weighted by molar-refractivity contribution is 0.0330. The molecule has 5 heteroatoms. The van der Waals surface area contributed by atoms with Gasteiger partial charge in [0, 0.05) is 39.5 Å². The maximum absolute atomic E-state index is 5.51. The molecule has 5 nitrogen and oxygen atoms in total. The number of ether oxygens (including phenoxy) is 2. The molecule has 0 radical (unpaired) electrons. The summed E-state index contributed by atoms with van der Waals surface area (Å²) in [4.78, 5) is 9.30. The minimum absolute atomic E-state index is 0.0583. The van der Waals surface area contributed by atoms with Crippen molar-refractivity contribution in [3.63, 3.8) is 0 Å². The van der Waals surface area contributed by atoms with E-state index >= 15 is 0 Å². The smallest absolute Gasteiger partial charge is 0.0978 e. The Morgan fingerprint density at radius 3 is 2.41 bits per heavy atom. The Morgan fingerprint density at radius 1 is 1.18 bits per heavy atom. The van der Waals surface area contributed by atoms with E-state index in [2.05, 4.69) is 49.9 Å². The summed E-state index contributed by atoms with van der Waals surface area (Å²) < 4.78 is 10.7. The first-order chi connectivity index (χ1) is 10.5. The Morgan fingerprint density at radius 2 is 1.91 bits per heavy atom. The zero-order valence-electron chi connectivity index (χ0n) is 14.9. The van der Waals surface area contributed by atoms with Crippen molar-refractivity contribution in [1.82, 2.24) is 9.88 Å². The van der Waals surface area contributed by atoms with Crippen LogP contribution >= 0.6 is 0 Å². The highest BCUT2D eigenvalue weighted by Gasteiger charge is 2.17. The van der Waals surface area contributed by atoms with E-state index in [0.717, 1.165) is 37.4 Å². The summed E-state index contributed by atoms with van der Waals surface area (Å²) in [5.74, 6) is 0. The third-order valence-electron chi connectivity index (χ3n) is 3.67. The van der Waals surface area contributed by atoms with Crippen LogP contribution in [-0.2, 0) is 22.4 Å². The molecule has 0 fully saturated rings. The van der Waals surface area contributed by atoms with Crippen molar-refractivity contribution in [3.8, 4) is 0 Å². The Kier molecular flexibility index (Phi) is 8.38. The number of pyridine rings is 1. The molecule has 0 saturated heterocycles. The van der Waals surface area contributed by atoms with Gasteiger partial charge in [0.2, 0.25) is 0 Å². The average molecular weight is 309 g/mol. The van der Waals surface area contributed by atoms with Crippen LogP contribution < -0.4 is 4.90 Å². The van der Waals surface area contributed by atoms with E-state index < -0.39 is 0 Å². The number of hydrogen-bond acceptors (Lipinski definition) is 5. The molecule has 22 heavy (non-hydrogen) atoms. The topological polar surface area (TPSA) is 37.8 Å². The molecule has 0 spiro atoms. The SMILES string of the molecule is CCc1ccc(N(CC)CC(COC)OC)c(CN(C)C)n1. The van der Waals surface area contributed by atoms with Gasteiger partial charge in [0.15, 0.2) is 0 Å². The van der Waals surface area contributed by atoms with Gasteiger partial charge < -0.3 is 19.3 Å². The maximum atomic E-state index is 5.51. The summed E-state index contributed by atoms with van der Waals surface area (Å²) in [7, 11) is 7.58. The number of anilines is 1. The molecule has 1 heterocycles. The Balaban J connectivity index is 3.03. The second kappa shape index (κ2) is 9.77. The fourth-order valence-corrected chi connectivity index (χ4v) is 2.46. The van der Waals surface area contributed by atoms with Crippen LogP contribution in [0.3, 0.4) is 0 Å². The summed E-state index contributed by atoms with van der Waals surface area (Å²) in [6, 6.07) is 4.31. The van der Waals surface area contributed by atoms with Gasteiger partial charge in [-0.15, -0.1) is 0 Å². The summed E-state index contributed by atoms with van der Waals surface area (Å²) in [5, 5.41) is 0. The van der Waals surface area contributed by atoms with Crippen molar-refractivity contribution in [2.75, 3.05) is 52.9 Å². The highest BCUT2D eigenvalue weighted by atomic mass is 16.5. The van der Waals surface area contributed by atoms with Crippen molar-refractivity contribution < 1.29 is 9.47 Å². The molecule has 0 aromatic carbocycles. The summed E-state index contributed by atoms with van der Waals surface area (Å²) in [5.41, 5.74) is 3.45. The molecule has 0 aliphatic rings. The highest BCUT2D eigenvalue weighted by molar-refractivity contribution is 5.51.